The highest BCUT2D eigenvalue weighted by atomic mass is 35.5. The van der Waals surface area contributed by atoms with Crippen molar-refractivity contribution < 1.29 is 9.32 Å². The molecule has 2 amide bonds. The summed E-state index contributed by atoms with van der Waals surface area (Å²) in [5, 5.41) is 7.28. The summed E-state index contributed by atoms with van der Waals surface area (Å²) < 4.78 is 5.19. The molecule has 1 aromatic carbocycles. The first-order chi connectivity index (χ1) is 10.1. The predicted octanol–water partition coefficient (Wildman–Crippen LogP) is 3.40. The second-order valence-corrected chi connectivity index (χ2v) is 5.40. The van der Waals surface area contributed by atoms with Gasteiger partial charge in [0.2, 0.25) is 5.89 Å². The molecule has 21 heavy (non-hydrogen) atoms. The van der Waals surface area contributed by atoms with Crippen molar-refractivity contribution in [2.45, 2.75) is 25.8 Å². The first-order valence-electron chi connectivity index (χ1n) is 6.77. The molecule has 1 fully saturated rings. The highest BCUT2D eigenvalue weighted by Crippen LogP contribution is 2.31. The molecule has 6 nitrogen and oxygen atoms in total. The number of anilines is 1. The van der Waals surface area contributed by atoms with Crippen LogP contribution >= 0.6 is 11.6 Å². The van der Waals surface area contributed by atoms with Gasteiger partial charge >= 0.3 is 6.03 Å². The van der Waals surface area contributed by atoms with Gasteiger partial charge in [0.1, 0.15) is 6.04 Å². The number of benzene rings is 1. The van der Waals surface area contributed by atoms with Crippen LogP contribution in [-0.4, -0.2) is 27.6 Å². The number of rotatable bonds is 2. The molecule has 110 valence electrons. The van der Waals surface area contributed by atoms with Gasteiger partial charge in [-0.15, -0.1) is 0 Å². The van der Waals surface area contributed by atoms with Crippen LogP contribution in [0.3, 0.4) is 0 Å². The molecule has 7 heteroatoms. The van der Waals surface area contributed by atoms with E-state index in [0.717, 1.165) is 12.8 Å². The van der Waals surface area contributed by atoms with Crippen LogP contribution in [0.1, 0.15) is 30.6 Å². The minimum atomic E-state index is -0.171. The number of likely N-dealkylation sites (tertiary alicyclic amines) is 1. The van der Waals surface area contributed by atoms with Gasteiger partial charge in [0, 0.05) is 17.3 Å². The van der Waals surface area contributed by atoms with Crippen molar-refractivity contribution in [2.24, 2.45) is 0 Å². The van der Waals surface area contributed by atoms with E-state index in [0.29, 0.717) is 29.0 Å². The Hall–Kier alpha value is -2.08. The van der Waals surface area contributed by atoms with E-state index in [1.165, 1.54) is 0 Å². The normalized spacial score (nSPS) is 18.0. The van der Waals surface area contributed by atoms with Gasteiger partial charge in [0.25, 0.3) is 0 Å². The van der Waals surface area contributed by atoms with Crippen molar-refractivity contribution in [2.75, 3.05) is 11.9 Å². The van der Waals surface area contributed by atoms with Crippen molar-refractivity contribution >= 4 is 23.3 Å². The number of aromatic nitrogens is 2. The van der Waals surface area contributed by atoms with Crippen molar-refractivity contribution in [3.63, 3.8) is 0 Å². The first-order valence-corrected chi connectivity index (χ1v) is 7.14. The Morgan fingerprint density at radius 1 is 1.43 bits per heavy atom. The van der Waals surface area contributed by atoms with E-state index in [2.05, 4.69) is 15.5 Å². The molecule has 0 saturated carbocycles. The SMILES string of the molecule is Cc1noc(C2CCCN2C(=O)Nc2ccc(Cl)cc2)n1. The van der Waals surface area contributed by atoms with Gasteiger partial charge < -0.3 is 14.7 Å². The van der Waals surface area contributed by atoms with E-state index in [-0.39, 0.29) is 12.1 Å². The number of carbonyl (C=O) groups excluding carboxylic acids is 1. The van der Waals surface area contributed by atoms with Gasteiger partial charge in [-0.3, -0.25) is 0 Å². The molecule has 2 heterocycles. The van der Waals surface area contributed by atoms with Crippen LogP contribution in [0.5, 0.6) is 0 Å². The lowest BCUT2D eigenvalue weighted by atomic mass is 10.2. The van der Waals surface area contributed by atoms with Crippen molar-refractivity contribution in [3.05, 3.63) is 41.0 Å². The molecule has 0 spiro atoms. The number of hydrogen-bond donors (Lipinski definition) is 1. The first kappa shape index (κ1) is 13.9. The van der Waals surface area contributed by atoms with Crippen molar-refractivity contribution in [1.29, 1.82) is 0 Å². The van der Waals surface area contributed by atoms with E-state index >= 15 is 0 Å². The quantitative estimate of drug-likeness (QED) is 0.923. The third-order valence-corrected chi connectivity index (χ3v) is 3.69. The summed E-state index contributed by atoms with van der Waals surface area (Å²) in [5.74, 6) is 1.08. The summed E-state index contributed by atoms with van der Waals surface area (Å²) >= 11 is 5.83. The van der Waals surface area contributed by atoms with Crippen LogP contribution in [0.4, 0.5) is 10.5 Å². The average molecular weight is 307 g/mol. The Morgan fingerprint density at radius 3 is 2.86 bits per heavy atom. The molecule has 0 bridgehead atoms. The van der Waals surface area contributed by atoms with Crippen molar-refractivity contribution in [1.82, 2.24) is 15.0 Å². The number of aryl methyl sites for hydroxylation is 1. The van der Waals surface area contributed by atoms with Crippen LogP contribution < -0.4 is 5.32 Å². The number of halogens is 1. The highest BCUT2D eigenvalue weighted by molar-refractivity contribution is 6.30. The number of carbonyl (C=O) groups is 1. The smallest absolute Gasteiger partial charge is 0.322 e. The third-order valence-electron chi connectivity index (χ3n) is 3.44. The number of nitrogens with one attached hydrogen (secondary N) is 1. The average Bonchev–Trinajstić information content (AvgIpc) is 3.09. The topological polar surface area (TPSA) is 71.3 Å². The van der Waals surface area contributed by atoms with E-state index < -0.39 is 0 Å². The predicted molar refractivity (Wildman–Crippen MR) is 78.2 cm³/mol. The summed E-state index contributed by atoms with van der Waals surface area (Å²) in [4.78, 5) is 18.3. The largest absolute Gasteiger partial charge is 0.337 e. The fraction of sp³-hybridized carbons (Fsp3) is 0.357. The second-order valence-electron chi connectivity index (χ2n) is 4.97. The highest BCUT2D eigenvalue weighted by Gasteiger charge is 2.33. The van der Waals surface area contributed by atoms with Gasteiger partial charge in [-0.1, -0.05) is 16.8 Å². The van der Waals surface area contributed by atoms with E-state index in [1.807, 2.05) is 0 Å². The maximum absolute atomic E-state index is 12.4. The maximum Gasteiger partial charge on any atom is 0.322 e. The maximum atomic E-state index is 12.4. The number of amides is 2. The molecular formula is C14H15ClN4O2. The van der Waals surface area contributed by atoms with Gasteiger partial charge in [0.05, 0.1) is 0 Å². The van der Waals surface area contributed by atoms with Crippen LogP contribution in [0, 0.1) is 6.92 Å². The molecule has 1 unspecified atom stereocenters. The summed E-state index contributed by atoms with van der Waals surface area (Å²) in [6.07, 6.45) is 1.75. The summed E-state index contributed by atoms with van der Waals surface area (Å²) in [7, 11) is 0. The second kappa shape index (κ2) is 5.73. The van der Waals surface area contributed by atoms with E-state index in [4.69, 9.17) is 16.1 Å². The minimum Gasteiger partial charge on any atom is -0.337 e. The van der Waals surface area contributed by atoms with Crippen LogP contribution in [0.25, 0.3) is 0 Å². The van der Waals surface area contributed by atoms with E-state index in [1.54, 1.807) is 36.1 Å². The lowest BCUT2D eigenvalue weighted by molar-refractivity contribution is 0.193. The van der Waals surface area contributed by atoms with Crippen LogP contribution in [0.15, 0.2) is 28.8 Å². The van der Waals surface area contributed by atoms with Gasteiger partial charge in [-0.05, 0) is 44.0 Å². The van der Waals surface area contributed by atoms with E-state index in [9.17, 15) is 4.79 Å². The third kappa shape index (κ3) is 3.00. The Kier molecular flexibility index (Phi) is 3.79. The molecule has 1 saturated heterocycles. The summed E-state index contributed by atoms with van der Waals surface area (Å²) in [6.45, 7) is 2.44. The van der Waals surface area contributed by atoms with Crippen LogP contribution in [-0.2, 0) is 0 Å². The molecule has 1 atom stereocenters. The molecule has 1 aliphatic rings. The molecule has 1 N–H and O–H groups in total. The molecule has 0 aliphatic carbocycles. The molecule has 0 radical (unpaired) electrons. The standard InChI is InChI=1S/C14H15ClN4O2/c1-9-16-13(21-18-9)12-3-2-8-19(12)14(20)17-11-6-4-10(15)5-7-11/h4-7,12H,2-3,8H2,1H3,(H,17,20). The summed E-state index contributed by atoms with van der Waals surface area (Å²) in [6, 6.07) is 6.68. The lowest BCUT2D eigenvalue weighted by Gasteiger charge is -2.22. The Labute approximate surface area is 127 Å². The zero-order valence-corrected chi connectivity index (χ0v) is 12.3. The molecule has 1 aliphatic heterocycles. The Morgan fingerprint density at radius 2 is 2.19 bits per heavy atom. The summed E-state index contributed by atoms with van der Waals surface area (Å²) in [5.41, 5.74) is 0.705. The monoisotopic (exact) mass is 306 g/mol. The molecule has 1 aromatic heterocycles. The molecule has 3 rings (SSSR count). The number of urea groups is 1. The number of nitrogens with zero attached hydrogens (tertiary/aromatic N) is 3. The van der Waals surface area contributed by atoms with Gasteiger partial charge in [-0.2, -0.15) is 4.98 Å². The fourth-order valence-corrected chi connectivity index (χ4v) is 2.57. The zero-order valence-electron chi connectivity index (χ0n) is 11.5. The number of hydrogen-bond acceptors (Lipinski definition) is 4. The fourth-order valence-electron chi connectivity index (χ4n) is 2.44. The zero-order chi connectivity index (χ0) is 14.8. The molecular weight excluding hydrogens is 292 g/mol. The Balaban J connectivity index is 1.72. The minimum absolute atomic E-state index is 0.154. The Bertz CT molecular complexity index is 641. The van der Waals surface area contributed by atoms with Gasteiger partial charge in [-0.25, -0.2) is 4.79 Å². The van der Waals surface area contributed by atoms with Crippen LogP contribution in [0.2, 0.25) is 5.02 Å². The van der Waals surface area contributed by atoms with Crippen molar-refractivity contribution in [3.8, 4) is 0 Å². The molecule has 2 aromatic rings. The lowest BCUT2D eigenvalue weighted by Crippen LogP contribution is -2.34. The van der Waals surface area contributed by atoms with Gasteiger partial charge in [0.15, 0.2) is 5.82 Å².